The standard InChI is InChI=1S/C36H32ClFN4O5S/c37-28-11-9-27(10-12-28)24-42(34(22-26-6-2-1-3-7-26)36(44)40-23-31-8-4-5-21-39-31)35(43)25-47-32-17-19-33(20-18-32)48(45,46)41-30-15-13-29(38)14-16-30/h1-21,34,41H,22-25H2,(H,40,44). The van der Waals surface area contributed by atoms with E-state index in [1.165, 1.54) is 41.3 Å². The molecule has 48 heavy (non-hydrogen) atoms. The number of rotatable bonds is 14. The van der Waals surface area contributed by atoms with Crippen LogP contribution in [0.25, 0.3) is 0 Å². The van der Waals surface area contributed by atoms with E-state index < -0.39 is 34.4 Å². The smallest absolute Gasteiger partial charge is 0.261 e. The van der Waals surface area contributed by atoms with Gasteiger partial charge < -0.3 is 15.0 Å². The number of aromatic nitrogens is 1. The van der Waals surface area contributed by atoms with Crippen molar-refractivity contribution >= 4 is 39.1 Å². The Balaban J connectivity index is 1.34. The lowest BCUT2D eigenvalue weighted by Crippen LogP contribution is -2.51. The number of nitrogens with one attached hydrogen (secondary N) is 2. The molecule has 1 aromatic heterocycles. The lowest BCUT2D eigenvalue weighted by molar-refractivity contribution is -0.142. The van der Waals surface area contributed by atoms with Crippen LogP contribution in [-0.4, -0.2) is 42.8 Å². The third-order valence-corrected chi connectivity index (χ3v) is 8.95. The van der Waals surface area contributed by atoms with E-state index in [9.17, 15) is 22.4 Å². The van der Waals surface area contributed by atoms with E-state index in [2.05, 4.69) is 15.0 Å². The SMILES string of the molecule is O=C(NCc1ccccn1)C(Cc1ccccc1)N(Cc1ccc(Cl)cc1)C(=O)COc1ccc(S(=O)(=O)Nc2ccc(F)cc2)cc1. The summed E-state index contributed by atoms with van der Waals surface area (Å²) in [6, 6.07) is 31.3. The van der Waals surface area contributed by atoms with Crippen LogP contribution in [0.1, 0.15) is 16.8 Å². The van der Waals surface area contributed by atoms with Crippen molar-refractivity contribution in [3.05, 3.63) is 155 Å². The first-order valence-corrected chi connectivity index (χ1v) is 16.8. The van der Waals surface area contributed by atoms with Gasteiger partial charge in [0.1, 0.15) is 17.6 Å². The van der Waals surface area contributed by atoms with Crippen LogP contribution >= 0.6 is 11.6 Å². The molecule has 1 heterocycles. The number of anilines is 1. The highest BCUT2D eigenvalue weighted by Crippen LogP contribution is 2.21. The molecule has 2 N–H and O–H groups in total. The molecular weight excluding hydrogens is 655 g/mol. The van der Waals surface area contributed by atoms with Gasteiger partial charge >= 0.3 is 0 Å². The number of carbonyl (C=O) groups excluding carboxylic acids is 2. The maximum atomic E-state index is 13.9. The monoisotopic (exact) mass is 686 g/mol. The number of carbonyl (C=O) groups is 2. The molecule has 1 atom stereocenters. The molecule has 246 valence electrons. The number of hydrogen-bond donors (Lipinski definition) is 2. The Hall–Kier alpha value is -5.26. The van der Waals surface area contributed by atoms with E-state index >= 15 is 0 Å². The third-order valence-electron chi connectivity index (χ3n) is 7.30. The molecule has 4 aromatic carbocycles. The van der Waals surface area contributed by atoms with Crippen LogP contribution in [0.15, 0.2) is 132 Å². The quantitative estimate of drug-likeness (QED) is 0.148. The Morgan fingerprint density at radius 3 is 2.19 bits per heavy atom. The minimum atomic E-state index is -3.96. The van der Waals surface area contributed by atoms with E-state index in [1.54, 1.807) is 42.6 Å². The maximum Gasteiger partial charge on any atom is 0.261 e. The maximum absolute atomic E-state index is 13.9. The molecule has 0 radical (unpaired) electrons. The number of sulfonamides is 1. The van der Waals surface area contributed by atoms with Gasteiger partial charge in [0, 0.05) is 29.9 Å². The van der Waals surface area contributed by atoms with Crippen LogP contribution < -0.4 is 14.8 Å². The summed E-state index contributed by atoms with van der Waals surface area (Å²) in [5, 5.41) is 3.46. The first-order chi connectivity index (χ1) is 23.2. The number of halogens is 2. The summed E-state index contributed by atoms with van der Waals surface area (Å²) in [6.45, 7) is -0.151. The molecule has 0 saturated carbocycles. The first kappa shape index (κ1) is 34.1. The Bertz CT molecular complexity index is 1910. The minimum absolute atomic E-state index is 0.0534. The minimum Gasteiger partial charge on any atom is -0.484 e. The molecule has 12 heteroatoms. The van der Waals surface area contributed by atoms with E-state index in [4.69, 9.17) is 16.3 Å². The van der Waals surface area contributed by atoms with Gasteiger partial charge in [-0.25, -0.2) is 12.8 Å². The zero-order chi connectivity index (χ0) is 33.9. The second kappa shape index (κ2) is 16.0. The normalized spacial score (nSPS) is 11.7. The molecule has 5 aromatic rings. The predicted octanol–water partition coefficient (Wildman–Crippen LogP) is 6.01. The lowest BCUT2D eigenvalue weighted by Gasteiger charge is -2.31. The average molecular weight is 687 g/mol. The van der Waals surface area contributed by atoms with E-state index in [0.29, 0.717) is 10.7 Å². The molecule has 5 rings (SSSR count). The average Bonchev–Trinajstić information content (AvgIpc) is 3.10. The van der Waals surface area contributed by atoms with Gasteiger partial charge in [0.05, 0.1) is 17.1 Å². The third kappa shape index (κ3) is 9.63. The predicted molar refractivity (Wildman–Crippen MR) is 181 cm³/mol. The Morgan fingerprint density at radius 1 is 0.833 bits per heavy atom. The van der Waals surface area contributed by atoms with Gasteiger partial charge in [0.15, 0.2) is 6.61 Å². The largest absolute Gasteiger partial charge is 0.484 e. The van der Waals surface area contributed by atoms with E-state index in [1.807, 2.05) is 36.4 Å². The molecular formula is C36H32ClFN4O5S. The number of nitrogens with zero attached hydrogens (tertiary/aromatic N) is 2. The second-order valence-corrected chi connectivity index (χ2v) is 12.9. The van der Waals surface area contributed by atoms with Gasteiger partial charge in [0.2, 0.25) is 5.91 Å². The van der Waals surface area contributed by atoms with Crippen molar-refractivity contribution < 1.29 is 27.1 Å². The van der Waals surface area contributed by atoms with Crippen molar-refractivity contribution in [1.29, 1.82) is 0 Å². The van der Waals surface area contributed by atoms with Crippen LogP contribution in [0.4, 0.5) is 10.1 Å². The van der Waals surface area contributed by atoms with Crippen LogP contribution in [0.3, 0.4) is 0 Å². The summed E-state index contributed by atoms with van der Waals surface area (Å²) in [5.41, 5.74) is 2.49. The van der Waals surface area contributed by atoms with Gasteiger partial charge in [-0.2, -0.15) is 0 Å². The topological polar surface area (TPSA) is 118 Å². The van der Waals surface area contributed by atoms with Crippen LogP contribution in [0, 0.1) is 5.82 Å². The molecule has 2 amide bonds. The molecule has 0 spiro atoms. The highest BCUT2D eigenvalue weighted by Gasteiger charge is 2.31. The number of pyridine rings is 1. The van der Waals surface area contributed by atoms with Gasteiger partial charge in [0.25, 0.3) is 15.9 Å². The molecule has 0 saturated heterocycles. The van der Waals surface area contributed by atoms with Gasteiger partial charge in [-0.1, -0.05) is 60.1 Å². The number of benzene rings is 4. The van der Waals surface area contributed by atoms with Crippen molar-refractivity contribution in [2.75, 3.05) is 11.3 Å². The summed E-state index contributed by atoms with van der Waals surface area (Å²) >= 11 is 6.11. The summed E-state index contributed by atoms with van der Waals surface area (Å²) in [4.78, 5) is 33.4. The highest BCUT2D eigenvalue weighted by atomic mass is 35.5. The van der Waals surface area contributed by atoms with Gasteiger partial charge in [-0.3, -0.25) is 19.3 Å². The van der Waals surface area contributed by atoms with E-state index in [-0.39, 0.29) is 41.7 Å². The van der Waals surface area contributed by atoms with Crippen molar-refractivity contribution in [3.8, 4) is 5.75 Å². The molecule has 0 fully saturated rings. The number of ether oxygens (including phenoxy) is 1. The lowest BCUT2D eigenvalue weighted by atomic mass is 10.0. The Labute approximate surface area is 283 Å². The fourth-order valence-corrected chi connectivity index (χ4v) is 6.00. The van der Waals surface area contributed by atoms with Crippen LogP contribution in [0.5, 0.6) is 5.75 Å². The van der Waals surface area contributed by atoms with Crippen molar-refractivity contribution in [1.82, 2.24) is 15.2 Å². The zero-order valence-electron chi connectivity index (χ0n) is 25.6. The van der Waals surface area contributed by atoms with Crippen molar-refractivity contribution in [3.63, 3.8) is 0 Å². The van der Waals surface area contributed by atoms with Gasteiger partial charge in [-0.05, 0) is 83.9 Å². The zero-order valence-corrected chi connectivity index (χ0v) is 27.2. The molecule has 0 bridgehead atoms. The van der Waals surface area contributed by atoms with Crippen molar-refractivity contribution in [2.24, 2.45) is 0 Å². The fraction of sp³-hybridized carbons (Fsp3) is 0.139. The van der Waals surface area contributed by atoms with E-state index in [0.717, 1.165) is 23.3 Å². The van der Waals surface area contributed by atoms with Gasteiger partial charge in [-0.15, -0.1) is 0 Å². The molecule has 0 aliphatic carbocycles. The van der Waals surface area contributed by atoms with Crippen LogP contribution in [0.2, 0.25) is 5.02 Å². The first-order valence-electron chi connectivity index (χ1n) is 14.9. The summed E-state index contributed by atoms with van der Waals surface area (Å²) in [5.74, 6) is -1.07. The number of hydrogen-bond acceptors (Lipinski definition) is 6. The molecule has 0 aliphatic rings. The van der Waals surface area contributed by atoms with Crippen LogP contribution in [-0.2, 0) is 39.1 Å². The summed E-state index contributed by atoms with van der Waals surface area (Å²) < 4.78 is 47.1. The molecule has 0 aliphatic heterocycles. The Morgan fingerprint density at radius 2 is 1.52 bits per heavy atom. The fourth-order valence-electron chi connectivity index (χ4n) is 4.81. The highest BCUT2D eigenvalue weighted by molar-refractivity contribution is 7.92. The molecule has 9 nitrogen and oxygen atoms in total. The molecule has 1 unspecified atom stereocenters. The summed E-state index contributed by atoms with van der Waals surface area (Å²) in [7, 11) is -3.96. The Kier molecular flexibility index (Phi) is 11.4. The van der Waals surface area contributed by atoms with Crippen molar-refractivity contribution in [2.45, 2.75) is 30.4 Å². The number of amides is 2. The second-order valence-electron chi connectivity index (χ2n) is 10.8. The summed E-state index contributed by atoms with van der Waals surface area (Å²) in [6.07, 6.45) is 1.88.